The largest absolute Gasteiger partial charge is 0.368 e. The van der Waals surface area contributed by atoms with Gasteiger partial charge in [-0.15, -0.1) is 11.3 Å². The summed E-state index contributed by atoms with van der Waals surface area (Å²) in [7, 11) is 0. The average Bonchev–Trinajstić information content (AvgIpc) is 3.06. The fraction of sp³-hybridized carbons (Fsp3) is 0.200. The smallest absolute Gasteiger partial charge is 0.237 e. The minimum absolute atomic E-state index is 0.112. The highest BCUT2D eigenvalue weighted by Gasteiger charge is 2.22. The van der Waals surface area contributed by atoms with Crippen LogP contribution >= 0.6 is 11.3 Å². The van der Waals surface area contributed by atoms with Crippen molar-refractivity contribution in [3.63, 3.8) is 0 Å². The van der Waals surface area contributed by atoms with Gasteiger partial charge in [0, 0.05) is 11.6 Å². The molecule has 0 spiro atoms. The first-order valence-corrected chi connectivity index (χ1v) is 9.04. The van der Waals surface area contributed by atoms with Crippen molar-refractivity contribution in [3.8, 4) is 21.0 Å². The summed E-state index contributed by atoms with van der Waals surface area (Å²) in [5, 5.41) is 0.935. The Morgan fingerprint density at radius 1 is 1.04 bits per heavy atom. The van der Waals surface area contributed by atoms with Crippen molar-refractivity contribution < 1.29 is 4.79 Å². The number of aromatic nitrogens is 1. The van der Waals surface area contributed by atoms with Crippen molar-refractivity contribution in [2.24, 2.45) is 5.73 Å². The Balaban J connectivity index is 2.14. The highest BCUT2D eigenvalue weighted by atomic mass is 32.1. The molecule has 4 nitrogen and oxygen atoms in total. The van der Waals surface area contributed by atoms with Crippen LogP contribution in [-0.2, 0) is 4.79 Å². The van der Waals surface area contributed by atoms with E-state index in [1.54, 1.807) is 11.3 Å². The summed E-state index contributed by atoms with van der Waals surface area (Å²) in [5.74, 6) is 0.450. The number of benzene rings is 2. The molecule has 1 amide bonds. The summed E-state index contributed by atoms with van der Waals surface area (Å²) in [6.07, 6.45) is 0. The van der Waals surface area contributed by atoms with Crippen molar-refractivity contribution in [2.45, 2.75) is 19.9 Å². The van der Waals surface area contributed by atoms with Crippen LogP contribution in [0.3, 0.4) is 0 Å². The Hall–Kier alpha value is -2.66. The Labute approximate surface area is 151 Å². The molecule has 0 bridgehead atoms. The molecule has 0 aliphatic rings. The number of hydrogen-bond donors (Lipinski definition) is 1. The normalized spacial score (nSPS) is 10.8. The molecule has 0 radical (unpaired) electrons. The number of amides is 1. The van der Waals surface area contributed by atoms with Crippen LogP contribution in [0.2, 0.25) is 0 Å². The van der Waals surface area contributed by atoms with Gasteiger partial charge in [-0.3, -0.25) is 4.79 Å². The summed E-state index contributed by atoms with van der Waals surface area (Å²) >= 11 is 1.63. The van der Waals surface area contributed by atoms with E-state index in [0.29, 0.717) is 0 Å². The Kier molecular flexibility index (Phi) is 5.14. The molecule has 3 rings (SSSR count). The molecule has 0 saturated heterocycles. The SMILES string of the molecule is CC(C)N(CC(N)=O)c1nc(-c2ccccc2)sc1-c1ccccc1. The van der Waals surface area contributed by atoms with Crippen LogP contribution in [0.15, 0.2) is 60.7 Å². The molecule has 0 atom stereocenters. The van der Waals surface area contributed by atoms with Gasteiger partial charge in [0.25, 0.3) is 0 Å². The number of carbonyl (C=O) groups is 1. The first kappa shape index (κ1) is 17.2. The molecule has 5 heteroatoms. The van der Waals surface area contributed by atoms with Gasteiger partial charge in [0.15, 0.2) is 0 Å². The quantitative estimate of drug-likeness (QED) is 0.725. The van der Waals surface area contributed by atoms with Gasteiger partial charge in [-0.1, -0.05) is 60.7 Å². The number of primary amides is 1. The Bertz CT molecular complexity index is 844. The molecule has 1 heterocycles. The van der Waals surface area contributed by atoms with Crippen molar-refractivity contribution in [1.82, 2.24) is 4.98 Å². The molecule has 2 N–H and O–H groups in total. The van der Waals surface area contributed by atoms with Crippen molar-refractivity contribution in [1.29, 1.82) is 0 Å². The summed E-state index contributed by atoms with van der Waals surface area (Å²) in [4.78, 5) is 19.5. The minimum atomic E-state index is -0.359. The van der Waals surface area contributed by atoms with E-state index in [0.717, 1.165) is 26.8 Å². The van der Waals surface area contributed by atoms with Crippen LogP contribution < -0.4 is 10.6 Å². The van der Waals surface area contributed by atoms with Crippen molar-refractivity contribution in [3.05, 3.63) is 60.7 Å². The zero-order valence-electron chi connectivity index (χ0n) is 14.3. The fourth-order valence-electron chi connectivity index (χ4n) is 2.66. The van der Waals surface area contributed by atoms with Crippen LogP contribution in [0.4, 0.5) is 5.82 Å². The molecule has 2 aromatic carbocycles. The monoisotopic (exact) mass is 351 g/mol. The van der Waals surface area contributed by atoms with Gasteiger partial charge in [-0.25, -0.2) is 4.98 Å². The summed E-state index contributed by atoms with van der Waals surface area (Å²) in [6, 6.07) is 20.3. The molecule has 0 aliphatic heterocycles. The fourth-order valence-corrected chi connectivity index (χ4v) is 3.75. The molecule has 0 fully saturated rings. The maximum atomic E-state index is 11.6. The predicted octanol–water partition coefficient (Wildman–Crippen LogP) is 4.18. The standard InChI is InChI=1S/C20H21N3OS/c1-14(2)23(13-17(21)24)19-18(15-9-5-3-6-10-15)25-20(22-19)16-11-7-4-8-12-16/h3-12,14H,13H2,1-2H3,(H2,21,24). The molecular weight excluding hydrogens is 330 g/mol. The summed E-state index contributed by atoms with van der Waals surface area (Å²) in [5.41, 5.74) is 7.63. The number of nitrogens with zero attached hydrogens (tertiary/aromatic N) is 2. The van der Waals surface area contributed by atoms with Gasteiger partial charge in [0.2, 0.25) is 5.91 Å². The third kappa shape index (κ3) is 3.88. The second-order valence-electron chi connectivity index (χ2n) is 6.09. The number of rotatable bonds is 6. The lowest BCUT2D eigenvalue weighted by Gasteiger charge is -2.26. The van der Waals surface area contributed by atoms with Crippen LogP contribution in [0.1, 0.15) is 13.8 Å². The molecule has 0 saturated carbocycles. The number of carbonyl (C=O) groups excluding carboxylic acids is 1. The second kappa shape index (κ2) is 7.49. The maximum absolute atomic E-state index is 11.6. The third-order valence-corrected chi connectivity index (χ3v) is 5.03. The van der Waals surface area contributed by atoms with Gasteiger partial charge in [-0.05, 0) is 19.4 Å². The van der Waals surface area contributed by atoms with Gasteiger partial charge in [-0.2, -0.15) is 0 Å². The second-order valence-corrected chi connectivity index (χ2v) is 7.09. The highest BCUT2D eigenvalue weighted by molar-refractivity contribution is 7.19. The number of anilines is 1. The van der Waals surface area contributed by atoms with Crippen LogP contribution in [0.25, 0.3) is 21.0 Å². The molecule has 3 aromatic rings. The van der Waals surface area contributed by atoms with Gasteiger partial charge in [0.1, 0.15) is 10.8 Å². The van der Waals surface area contributed by atoms with E-state index in [9.17, 15) is 4.79 Å². The van der Waals surface area contributed by atoms with E-state index >= 15 is 0 Å². The molecule has 1 aromatic heterocycles. The van der Waals surface area contributed by atoms with Crippen molar-refractivity contribution in [2.75, 3.05) is 11.4 Å². The zero-order chi connectivity index (χ0) is 17.8. The molecule has 25 heavy (non-hydrogen) atoms. The minimum Gasteiger partial charge on any atom is -0.368 e. The van der Waals surface area contributed by atoms with Gasteiger partial charge in [0.05, 0.1) is 11.4 Å². The zero-order valence-corrected chi connectivity index (χ0v) is 15.2. The maximum Gasteiger partial charge on any atom is 0.237 e. The average molecular weight is 351 g/mol. The first-order chi connectivity index (χ1) is 12.1. The van der Waals surface area contributed by atoms with E-state index in [4.69, 9.17) is 10.7 Å². The van der Waals surface area contributed by atoms with Gasteiger partial charge >= 0.3 is 0 Å². The summed E-state index contributed by atoms with van der Waals surface area (Å²) < 4.78 is 0. The van der Waals surface area contributed by atoms with Crippen LogP contribution in [-0.4, -0.2) is 23.5 Å². The summed E-state index contributed by atoms with van der Waals surface area (Å²) in [6.45, 7) is 4.23. The lowest BCUT2D eigenvalue weighted by atomic mass is 10.1. The molecular formula is C20H21N3OS. The molecule has 0 unspecified atom stereocenters. The first-order valence-electron chi connectivity index (χ1n) is 8.23. The number of thiazole rings is 1. The third-order valence-electron chi connectivity index (χ3n) is 3.89. The Morgan fingerprint density at radius 2 is 1.60 bits per heavy atom. The van der Waals surface area contributed by atoms with Gasteiger partial charge < -0.3 is 10.6 Å². The lowest BCUT2D eigenvalue weighted by Crippen LogP contribution is -2.39. The molecule has 128 valence electrons. The topological polar surface area (TPSA) is 59.2 Å². The van der Waals surface area contributed by atoms with E-state index in [1.807, 2.05) is 67.3 Å². The number of hydrogen-bond acceptors (Lipinski definition) is 4. The van der Waals surface area contributed by atoms with E-state index in [-0.39, 0.29) is 18.5 Å². The van der Waals surface area contributed by atoms with Crippen LogP contribution in [0.5, 0.6) is 0 Å². The molecule has 0 aliphatic carbocycles. The van der Waals surface area contributed by atoms with E-state index < -0.39 is 0 Å². The number of nitrogens with two attached hydrogens (primary N) is 1. The van der Waals surface area contributed by atoms with E-state index in [2.05, 4.69) is 12.1 Å². The van der Waals surface area contributed by atoms with Crippen molar-refractivity contribution >= 4 is 23.1 Å². The van der Waals surface area contributed by atoms with E-state index in [1.165, 1.54) is 0 Å². The lowest BCUT2D eigenvalue weighted by molar-refractivity contribution is -0.116. The van der Waals surface area contributed by atoms with Crippen LogP contribution in [0, 0.1) is 0 Å². The highest BCUT2D eigenvalue weighted by Crippen LogP contribution is 2.40. The Morgan fingerprint density at radius 3 is 2.12 bits per heavy atom. The predicted molar refractivity (Wildman–Crippen MR) is 105 cm³/mol.